The Morgan fingerprint density at radius 1 is 1.12 bits per heavy atom. The third kappa shape index (κ3) is 8.17. The molecule has 0 aliphatic rings. The van der Waals surface area contributed by atoms with Crippen LogP contribution in [0.3, 0.4) is 0 Å². The summed E-state index contributed by atoms with van der Waals surface area (Å²) < 4.78 is 32.4. The van der Waals surface area contributed by atoms with Gasteiger partial charge in [-0.1, -0.05) is 23.7 Å². The van der Waals surface area contributed by atoms with Gasteiger partial charge in [-0.05, 0) is 48.4 Å². The summed E-state index contributed by atoms with van der Waals surface area (Å²) in [6.45, 7) is -0.350. The Morgan fingerprint density at radius 3 is 2.44 bits per heavy atom. The molecular weight excluding hydrogens is 462 g/mol. The zero-order valence-electron chi connectivity index (χ0n) is 16.8. The fourth-order valence-corrected chi connectivity index (χ4v) is 3.76. The number of carboxylic acid groups (broad SMARTS) is 1. The zero-order chi connectivity index (χ0) is 23.7. The van der Waals surface area contributed by atoms with Gasteiger partial charge < -0.3 is 20.9 Å². The number of carboxylic acids is 1. The van der Waals surface area contributed by atoms with E-state index < -0.39 is 46.9 Å². The second kappa shape index (κ2) is 11.5. The van der Waals surface area contributed by atoms with Crippen LogP contribution in [0.25, 0.3) is 0 Å². The third-order valence-electron chi connectivity index (χ3n) is 4.14. The van der Waals surface area contributed by atoms with E-state index in [4.69, 9.17) is 27.2 Å². The Bertz CT molecular complexity index is 1070. The lowest BCUT2D eigenvalue weighted by Crippen LogP contribution is -2.45. The van der Waals surface area contributed by atoms with Gasteiger partial charge in [-0.15, -0.1) is 0 Å². The van der Waals surface area contributed by atoms with Gasteiger partial charge in [0.05, 0.1) is 11.3 Å². The number of carbonyl (C=O) groups excluding carboxylic acids is 2. The molecule has 0 bridgehead atoms. The van der Waals surface area contributed by atoms with Crippen molar-refractivity contribution in [1.82, 2.24) is 10.0 Å². The minimum Gasteiger partial charge on any atom is -0.484 e. The summed E-state index contributed by atoms with van der Waals surface area (Å²) in [6, 6.07) is 11.0. The molecule has 2 aromatic carbocycles. The molecule has 0 aromatic heterocycles. The van der Waals surface area contributed by atoms with E-state index in [-0.39, 0.29) is 11.4 Å². The highest BCUT2D eigenvalue weighted by Crippen LogP contribution is 2.15. The Morgan fingerprint density at radius 2 is 1.81 bits per heavy atom. The first-order valence-corrected chi connectivity index (χ1v) is 11.2. The third-order valence-corrected chi connectivity index (χ3v) is 5.87. The molecule has 32 heavy (non-hydrogen) atoms. The number of benzene rings is 2. The van der Waals surface area contributed by atoms with Crippen LogP contribution in [0.2, 0.25) is 5.02 Å². The van der Waals surface area contributed by atoms with Crippen molar-refractivity contribution in [3.05, 3.63) is 59.1 Å². The molecule has 5 N–H and O–H groups in total. The summed E-state index contributed by atoms with van der Waals surface area (Å²) in [5, 5.41) is 11.6. The van der Waals surface area contributed by atoms with Gasteiger partial charge in [0.2, 0.25) is 15.9 Å². The molecule has 1 atom stereocenters. The maximum Gasteiger partial charge on any atom is 0.326 e. The SMILES string of the molecule is NC(=O)C[C@H](NC(=O)COc1cccc(CCNS(=O)(=O)c2ccc(Cl)cc2)c1)C(=O)O. The number of hydrogen-bond donors (Lipinski definition) is 4. The van der Waals surface area contributed by atoms with E-state index in [1.807, 2.05) is 0 Å². The number of aliphatic carboxylic acids is 1. The summed E-state index contributed by atoms with van der Waals surface area (Å²) in [5.74, 6) is -2.65. The molecule has 0 saturated carbocycles. The van der Waals surface area contributed by atoms with Gasteiger partial charge in [0, 0.05) is 11.6 Å². The Labute approximate surface area is 189 Å². The summed E-state index contributed by atoms with van der Waals surface area (Å²) in [4.78, 5) is 33.9. The minimum atomic E-state index is -3.68. The molecule has 0 aliphatic heterocycles. The normalized spacial score (nSPS) is 12.0. The van der Waals surface area contributed by atoms with E-state index in [1.54, 1.807) is 24.3 Å². The highest BCUT2D eigenvalue weighted by molar-refractivity contribution is 7.89. The highest BCUT2D eigenvalue weighted by Gasteiger charge is 2.22. The van der Waals surface area contributed by atoms with Gasteiger partial charge in [-0.3, -0.25) is 9.59 Å². The summed E-state index contributed by atoms with van der Waals surface area (Å²) in [6.07, 6.45) is -0.182. The molecule has 0 heterocycles. The molecule has 0 aliphatic carbocycles. The van der Waals surface area contributed by atoms with Gasteiger partial charge in [-0.25, -0.2) is 17.9 Å². The van der Waals surface area contributed by atoms with Gasteiger partial charge in [0.15, 0.2) is 6.61 Å². The molecule has 12 heteroatoms. The lowest BCUT2D eigenvalue weighted by molar-refractivity contribution is -0.143. The van der Waals surface area contributed by atoms with Crippen LogP contribution in [0.5, 0.6) is 5.75 Å². The lowest BCUT2D eigenvalue weighted by Gasteiger charge is -2.13. The minimum absolute atomic E-state index is 0.0981. The van der Waals surface area contributed by atoms with Crippen LogP contribution in [0.1, 0.15) is 12.0 Å². The smallest absolute Gasteiger partial charge is 0.326 e. The molecule has 0 radical (unpaired) electrons. The summed E-state index contributed by atoms with van der Waals surface area (Å²) in [5.41, 5.74) is 5.71. The van der Waals surface area contributed by atoms with Crippen LogP contribution in [0.4, 0.5) is 0 Å². The van der Waals surface area contributed by atoms with E-state index in [0.717, 1.165) is 5.56 Å². The molecular formula is C20H22ClN3O7S. The van der Waals surface area contributed by atoms with Gasteiger partial charge in [-0.2, -0.15) is 0 Å². The molecule has 0 spiro atoms. The van der Waals surface area contributed by atoms with E-state index in [9.17, 15) is 22.8 Å². The number of ether oxygens (including phenoxy) is 1. The first-order chi connectivity index (χ1) is 15.1. The average molecular weight is 484 g/mol. The monoisotopic (exact) mass is 483 g/mol. The predicted molar refractivity (Wildman–Crippen MR) is 116 cm³/mol. The second-order valence-corrected chi connectivity index (χ2v) is 8.87. The maximum atomic E-state index is 12.3. The van der Waals surface area contributed by atoms with Crippen LogP contribution in [0, 0.1) is 0 Å². The number of rotatable bonds is 12. The lowest BCUT2D eigenvalue weighted by atomic mass is 10.1. The quantitative estimate of drug-likeness (QED) is 0.344. The molecule has 10 nitrogen and oxygen atoms in total. The first-order valence-electron chi connectivity index (χ1n) is 9.34. The molecule has 2 aromatic rings. The van der Waals surface area contributed by atoms with Crippen LogP contribution >= 0.6 is 11.6 Å². The predicted octanol–water partition coefficient (Wildman–Crippen LogP) is 0.685. The molecule has 0 saturated heterocycles. The number of halogens is 1. The topological polar surface area (TPSA) is 165 Å². The largest absolute Gasteiger partial charge is 0.484 e. The molecule has 0 unspecified atom stereocenters. The standard InChI is InChI=1S/C20H22ClN3O7S/c21-14-4-6-16(7-5-14)32(29,30)23-9-8-13-2-1-3-15(10-13)31-12-19(26)24-17(20(27)28)11-18(22)25/h1-7,10,17,23H,8-9,11-12H2,(H2,22,25)(H,24,26)(H,27,28)/t17-/m0/s1. The summed E-state index contributed by atoms with van der Waals surface area (Å²) in [7, 11) is -3.68. The highest BCUT2D eigenvalue weighted by atomic mass is 35.5. The average Bonchev–Trinajstić information content (AvgIpc) is 2.72. The molecule has 2 amide bonds. The van der Waals surface area contributed by atoms with Crippen molar-refractivity contribution in [2.24, 2.45) is 5.73 Å². The van der Waals surface area contributed by atoms with E-state index in [1.165, 1.54) is 24.3 Å². The maximum absolute atomic E-state index is 12.3. The fraction of sp³-hybridized carbons (Fsp3) is 0.250. The van der Waals surface area contributed by atoms with Crippen molar-refractivity contribution in [3.8, 4) is 5.75 Å². The summed E-state index contributed by atoms with van der Waals surface area (Å²) >= 11 is 5.77. The molecule has 2 rings (SSSR count). The van der Waals surface area contributed by atoms with Crippen molar-refractivity contribution in [1.29, 1.82) is 0 Å². The van der Waals surface area contributed by atoms with Crippen molar-refractivity contribution in [2.45, 2.75) is 23.8 Å². The van der Waals surface area contributed by atoms with Crippen molar-refractivity contribution < 1.29 is 32.6 Å². The van der Waals surface area contributed by atoms with Crippen molar-refractivity contribution in [2.75, 3.05) is 13.2 Å². The molecule has 0 fully saturated rings. The van der Waals surface area contributed by atoms with Crippen molar-refractivity contribution in [3.63, 3.8) is 0 Å². The zero-order valence-corrected chi connectivity index (χ0v) is 18.4. The molecule has 172 valence electrons. The van der Waals surface area contributed by atoms with Crippen LogP contribution in [-0.2, 0) is 30.8 Å². The van der Waals surface area contributed by atoms with E-state index in [0.29, 0.717) is 17.2 Å². The van der Waals surface area contributed by atoms with Gasteiger partial charge >= 0.3 is 5.97 Å². The van der Waals surface area contributed by atoms with E-state index >= 15 is 0 Å². The number of nitrogens with two attached hydrogens (primary N) is 1. The Balaban J connectivity index is 1.86. The number of nitrogens with one attached hydrogen (secondary N) is 2. The van der Waals surface area contributed by atoms with E-state index in [2.05, 4.69) is 10.0 Å². The van der Waals surface area contributed by atoms with Gasteiger partial charge in [0.1, 0.15) is 11.8 Å². The van der Waals surface area contributed by atoms with Crippen LogP contribution in [0.15, 0.2) is 53.4 Å². The number of sulfonamides is 1. The number of hydrogen-bond acceptors (Lipinski definition) is 6. The Kier molecular flexibility index (Phi) is 9.00. The van der Waals surface area contributed by atoms with Crippen LogP contribution < -0.4 is 20.5 Å². The number of primary amides is 1. The number of amides is 2. The fourth-order valence-electron chi connectivity index (χ4n) is 2.60. The van der Waals surface area contributed by atoms with Crippen molar-refractivity contribution >= 4 is 39.4 Å². The second-order valence-electron chi connectivity index (χ2n) is 6.67. The van der Waals surface area contributed by atoms with Gasteiger partial charge in [0.25, 0.3) is 5.91 Å². The van der Waals surface area contributed by atoms with Crippen LogP contribution in [-0.4, -0.2) is 50.5 Å². The Hall–Kier alpha value is -3.15. The number of carbonyl (C=O) groups is 3. The first kappa shape index (κ1) is 25.1.